The van der Waals surface area contributed by atoms with Gasteiger partial charge in [-0.05, 0) is 43.2 Å². The largest absolute Gasteiger partial charge is 0.370 e. The average Bonchev–Trinajstić information content (AvgIpc) is 2.68. The first kappa shape index (κ1) is 14.3. The van der Waals surface area contributed by atoms with E-state index in [2.05, 4.69) is 59.2 Å². The summed E-state index contributed by atoms with van der Waals surface area (Å²) in [4.78, 5) is 4.87. The van der Waals surface area contributed by atoms with Crippen LogP contribution in [0, 0.1) is 0 Å². The van der Waals surface area contributed by atoms with Gasteiger partial charge >= 0.3 is 0 Å². The van der Waals surface area contributed by atoms with Gasteiger partial charge in [0.2, 0.25) is 0 Å². The highest BCUT2D eigenvalue weighted by molar-refractivity contribution is 6.31. The number of anilines is 3. The maximum atomic E-state index is 6.26. The standard InChI is InChI=1S/C18H21ClN2/c1-2-11-20-12-6-13-21(16-7-4-3-5-8-16)18-14-15(19)9-10-17(18)20/h3-5,7-10,14H,2,6,11-13H2,1H3. The number of fused-ring (bicyclic) bond motifs is 1. The van der Waals surface area contributed by atoms with Gasteiger partial charge in [0.15, 0.2) is 0 Å². The molecule has 0 amide bonds. The van der Waals surface area contributed by atoms with Gasteiger partial charge in [-0.15, -0.1) is 0 Å². The summed E-state index contributed by atoms with van der Waals surface area (Å²) in [6, 6.07) is 16.8. The lowest BCUT2D eigenvalue weighted by atomic mass is 10.2. The molecular formula is C18H21ClN2. The van der Waals surface area contributed by atoms with Crippen molar-refractivity contribution < 1.29 is 0 Å². The molecule has 1 aliphatic rings. The Hall–Kier alpha value is -1.67. The van der Waals surface area contributed by atoms with Gasteiger partial charge in [0.1, 0.15) is 0 Å². The topological polar surface area (TPSA) is 6.48 Å². The molecule has 21 heavy (non-hydrogen) atoms. The van der Waals surface area contributed by atoms with E-state index in [0.29, 0.717) is 0 Å². The number of hydrogen-bond donors (Lipinski definition) is 0. The molecule has 3 rings (SSSR count). The van der Waals surface area contributed by atoms with Crippen LogP contribution in [0.15, 0.2) is 48.5 Å². The summed E-state index contributed by atoms with van der Waals surface area (Å²) in [5.74, 6) is 0. The minimum Gasteiger partial charge on any atom is -0.370 e. The molecule has 0 aromatic heterocycles. The maximum absolute atomic E-state index is 6.26. The molecular weight excluding hydrogens is 280 g/mol. The average molecular weight is 301 g/mol. The minimum atomic E-state index is 0.799. The molecule has 2 nitrogen and oxygen atoms in total. The summed E-state index contributed by atoms with van der Waals surface area (Å²) in [6.45, 7) is 5.45. The van der Waals surface area contributed by atoms with Crippen molar-refractivity contribution >= 4 is 28.7 Å². The smallest absolute Gasteiger partial charge is 0.0663 e. The summed E-state index contributed by atoms with van der Waals surface area (Å²) in [6.07, 6.45) is 2.31. The van der Waals surface area contributed by atoms with Crippen LogP contribution < -0.4 is 9.80 Å². The fraction of sp³-hybridized carbons (Fsp3) is 0.333. The predicted octanol–water partition coefficient (Wildman–Crippen LogP) is 5.10. The Morgan fingerprint density at radius 1 is 1.00 bits per heavy atom. The first-order chi connectivity index (χ1) is 10.3. The SMILES string of the molecule is CCCN1CCCN(c2ccccc2)c2cc(Cl)ccc21. The Labute approximate surface area is 131 Å². The van der Waals surface area contributed by atoms with Crippen molar-refractivity contribution in [1.82, 2.24) is 0 Å². The third kappa shape index (κ3) is 3.01. The summed E-state index contributed by atoms with van der Waals surface area (Å²) in [5, 5.41) is 0.799. The highest BCUT2D eigenvalue weighted by Crippen LogP contribution is 2.38. The van der Waals surface area contributed by atoms with Gasteiger partial charge in [0.05, 0.1) is 11.4 Å². The molecule has 0 saturated heterocycles. The second-order valence-corrected chi connectivity index (χ2v) is 5.90. The van der Waals surface area contributed by atoms with Crippen LogP contribution in [0.5, 0.6) is 0 Å². The summed E-state index contributed by atoms with van der Waals surface area (Å²) in [5.41, 5.74) is 3.75. The first-order valence-corrected chi connectivity index (χ1v) is 8.04. The molecule has 110 valence electrons. The van der Waals surface area contributed by atoms with Gasteiger partial charge in [-0.2, -0.15) is 0 Å². The second kappa shape index (κ2) is 6.40. The molecule has 0 N–H and O–H groups in total. The Bertz CT molecular complexity index is 597. The van der Waals surface area contributed by atoms with Crippen LogP contribution in [0.25, 0.3) is 0 Å². The molecule has 0 atom stereocenters. The van der Waals surface area contributed by atoms with Gasteiger partial charge in [-0.1, -0.05) is 36.7 Å². The van der Waals surface area contributed by atoms with E-state index in [1.165, 1.54) is 17.1 Å². The van der Waals surface area contributed by atoms with Crippen molar-refractivity contribution in [2.45, 2.75) is 19.8 Å². The Kier molecular flexibility index (Phi) is 4.35. The number of benzene rings is 2. The molecule has 3 heteroatoms. The van der Waals surface area contributed by atoms with E-state index in [9.17, 15) is 0 Å². The summed E-state index contributed by atoms with van der Waals surface area (Å²) in [7, 11) is 0. The number of rotatable bonds is 3. The minimum absolute atomic E-state index is 0.799. The maximum Gasteiger partial charge on any atom is 0.0663 e. The molecule has 0 aliphatic carbocycles. The van der Waals surface area contributed by atoms with Crippen molar-refractivity contribution in [3.8, 4) is 0 Å². The highest BCUT2D eigenvalue weighted by atomic mass is 35.5. The lowest BCUT2D eigenvalue weighted by Crippen LogP contribution is -2.24. The quantitative estimate of drug-likeness (QED) is 0.778. The third-order valence-corrected chi connectivity index (χ3v) is 4.18. The van der Waals surface area contributed by atoms with E-state index < -0.39 is 0 Å². The molecule has 2 aromatic rings. The van der Waals surface area contributed by atoms with Gasteiger partial charge in [0.25, 0.3) is 0 Å². The molecule has 0 spiro atoms. The first-order valence-electron chi connectivity index (χ1n) is 7.66. The van der Waals surface area contributed by atoms with E-state index in [4.69, 9.17) is 11.6 Å². The van der Waals surface area contributed by atoms with Crippen LogP contribution in [-0.2, 0) is 0 Å². The van der Waals surface area contributed by atoms with E-state index in [1.54, 1.807) is 0 Å². The van der Waals surface area contributed by atoms with Crippen LogP contribution in [0.4, 0.5) is 17.1 Å². The lowest BCUT2D eigenvalue weighted by molar-refractivity contribution is 0.733. The molecule has 0 bridgehead atoms. The van der Waals surface area contributed by atoms with Gasteiger partial charge in [-0.25, -0.2) is 0 Å². The molecule has 0 fully saturated rings. The number of hydrogen-bond acceptors (Lipinski definition) is 2. The van der Waals surface area contributed by atoms with Crippen LogP contribution >= 0.6 is 11.6 Å². The normalized spacial score (nSPS) is 14.8. The Morgan fingerprint density at radius 3 is 2.57 bits per heavy atom. The van der Waals surface area contributed by atoms with E-state index >= 15 is 0 Å². The van der Waals surface area contributed by atoms with Crippen molar-refractivity contribution in [3.63, 3.8) is 0 Å². The molecule has 2 aromatic carbocycles. The van der Waals surface area contributed by atoms with Crippen LogP contribution in [0.1, 0.15) is 19.8 Å². The molecule has 0 unspecified atom stereocenters. The zero-order valence-corrected chi connectivity index (χ0v) is 13.2. The fourth-order valence-electron chi connectivity index (χ4n) is 3.02. The van der Waals surface area contributed by atoms with Gasteiger partial charge in [0, 0.05) is 30.3 Å². The zero-order chi connectivity index (χ0) is 14.7. The molecule has 1 aliphatic heterocycles. The van der Waals surface area contributed by atoms with Crippen LogP contribution in [0.2, 0.25) is 5.02 Å². The summed E-state index contributed by atoms with van der Waals surface area (Å²) < 4.78 is 0. The van der Waals surface area contributed by atoms with Crippen LogP contribution in [0.3, 0.4) is 0 Å². The van der Waals surface area contributed by atoms with Crippen LogP contribution in [-0.4, -0.2) is 19.6 Å². The van der Waals surface area contributed by atoms with E-state index in [0.717, 1.165) is 37.5 Å². The van der Waals surface area contributed by atoms with Gasteiger partial charge < -0.3 is 9.80 Å². The second-order valence-electron chi connectivity index (χ2n) is 5.46. The van der Waals surface area contributed by atoms with Crippen molar-refractivity contribution in [2.24, 2.45) is 0 Å². The number of halogens is 1. The van der Waals surface area contributed by atoms with Crippen molar-refractivity contribution in [1.29, 1.82) is 0 Å². The monoisotopic (exact) mass is 300 g/mol. The molecule has 0 radical (unpaired) electrons. The number of nitrogens with zero attached hydrogens (tertiary/aromatic N) is 2. The molecule has 1 heterocycles. The van der Waals surface area contributed by atoms with Crippen molar-refractivity contribution in [2.75, 3.05) is 29.4 Å². The van der Waals surface area contributed by atoms with E-state index in [1.807, 2.05) is 6.07 Å². The van der Waals surface area contributed by atoms with E-state index in [-0.39, 0.29) is 0 Å². The third-order valence-electron chi connectivity index (χ3n) is 3.94. The zero-order valence-electron chi connectivity index (χ0n) is 12.4. The summed E-state index contributed by atoms with van der Waals surface area (Å²) >= 11 is 6.26. The lowest BCUT2D eigenvalue weighted by Gasteiger charge is -2.28. The molecule has 0 saturated carbocycles. The Morgan fingerprint density at radius 2 is 1.81 bits per heavy atom. The highest BCUT2D eigenvalue weighted by Gasteiger charge is 2.21. The Balaban J connectivity index is 2.07. The van der Waals surface area contributed by atoms with Crippen molar-refractivity contribution in [3.05, 3.63) is 53.6 Å². The number of para-hydroxylation sites is 1. The van der Waals surface area contributed by atoms with Gasteiger partial charge in [-0.3, -0.25) is 0 Å². The fourth-order valence-corrected chi connectivity index (χ4v) is 3.19. The predicted molar refractivity (Wildman–Crippen MR) is 92.0 cm³/mol.